The fourth-order valence-corrected chi connectivity index (χ4v) is 4.34. The summed E-state index contributed by atoms with van der Waals surface area (Å²) in [7, 11) is 0. The molecule has 0 radical (unpaired) electrons. The molecule has 178 valence electrons. The molecule has 0 bridgehead atoms. The van der Waals surface area contributed by atoms with Crippen molar-refractivity contribution in [1.82, 2.24) is 9.88 Å². The van der Waals surface area contributed by atoms with Gasteiger partial charge in [-0.3, -0.25) is 14.6 Å². The molecule has 0 spiro atoms. The third-order valence-electron chi connectivity index (χ3n) is 6.03. The highest BCUT2D eigenvalue weighted by Gasteiger charge is 2.42. The zero-order valence-corrected chi connectivity index (χ0v) is 19.5. The molecule has 0 aliphatic carbocycles. The maximum Gasteiger partial charge on any atom is 0.265 e. The van der Waals surface area contributed by atoms with Crippen LogP contribution >= 0.6 is 11.6 Å². The minimum absolute atomic E-state index is 0.0791. The number of alkyl halides is 2. The van der Waals surface area contributed by atoms with Crippen LogP contribution in [0.3, 0.4) is 0 Å². The molecule has 0 N–H and O–H groups in total. The van der Waals surface area contributed by atoms with Gasteiger partial charge in [-0.2, -0.15) is 5.26 Å². The van der Waals surface area contributed by atoms with Crippen LogP contribution in [0.15, 0.2) is 54.9 Å². The third-order valence-corrected chi connectivity index (χ3v) is 6.27. The molecule has 3 aromatic rings. The Bertz CT molecular complexity index is 1350. The Labute approximate surface area is 206 Å². The lowest BCUT2D eigenvalue weighted by atomic mass is 9.98. The van der Waals surface area contributed by atoms with Crippen LogP contribution < -0.4 is 0 Å². The highest BCUT2D eigenvalue weighted by Crippen LogP contribution is 2.30. The number of hydrogen-bond acceptors (Lipinski definition) is 4. The van der Waals surface area contributed by atoms with Crippen molar-refractivity contribution in [2.75, 3.05) is 6.54 Å². The summed E-state index contributed by atoms with van der Waals surface area (Å²) in [6.07, 6.45) is 5.78. The van der Waals surface area contributed by atoms with Gasteiger partial charge < -0.3 is 4.90 Å². The quantitative estimate of drug-likeness (QED) is 0.385. The first-order chi connectivity index (χ1) is 16.8. The Morgan fingerprint density at radius 1 is 1.14 bits per heavy atom. The number of rotatable bonds is 6. The van der Waals surface area contributed by atoms with Gasteiger partial charge in [0.15, 0.2) is 5.78 Å². The van der Waals surface area contributed by atoms with E-state index in [1.807, 2.05) is 48.5 Å². The Hall–Kier alpha value is -3.63. The van der Waals surface area contributed by atoms with Crippen LogP contribution in [0.2, 0.25) is 5.02 Å². The number of hydrogen-bond donors (Lipinski definition) is 0. The number of carbonyl (C=O) groups is 2. The number of nitriles is 1. The minimum Gasteiger partial charge on any atom is -0.321 e. The monoisotopic (exact) mass is 493 g/mol. The van der Waals surface area contributed by atoms with E-state index in [0.29, 0.717) is 16.1 Å². The summed E-state index contributed by atoms with van der Waals surface area (Å²) in [5.74, 6) is -3.94. The zero-order chi connectivity index (χ0) is 25.0. The topological polar surface area (TPSA) is 74.1 Å². The van der Waals surface area contributed by atoms with Gasteiger partial charge in [0.1, 0.15) is 6.04 Å². The minimum atomic E-state index is -3.02. The van der Waals surface area contributed by atoms with Crippen LogP contribution in [0, 0.1) is 11.3 Å². The van der Waals surface area contributed by atoms with Crippen LogP contribution in [0.25, 0.3) is 22.9 Å². The highest BCUT2D eigenvalue weighted by atomic mass is 35.5. The first-order valence-electron chi connectivity index (χ1n) is 11.2. The number of amides is 1. The SMILES string of the molecule is N#C[C@@H]1CCC(F)(F)CN1C(=O)CCC(=O)c1ccncc1/C=C/c1ccc2cc(Cl)ccc2c1. The highest BCUT2D eigenvalue weighted by molar-refractivity contribution is 6.31. The average Bonchev–Trinajstić information content (AvgIpc) is 2.85. The van der Waals surface area contributed by atoms with Crippen LogP contribution in [0.4, 0.5) is 8.78 Å². The Morgan fingerprint density at radius 2 is 1.91 bits per heavy atom. The second-order valence-corrected chi connectivity index (χ2v) is 8.97. The largest absolute Gasteiger partial charge is 0.321 e. The predicted molar refractivity (Wildman–Crippen MR) is 131 cm³/mol. The summed E-state index contributed by atoms with van der Waals surface area (Å²) in [6, 6.07) is 14.1. The second kappa shape index (κ2) is 10.3. The van der Waals surface area contributed by atoms with Crippen molar-refractivity contribution < 1.29 is 18.4 Å². The predicted octanol–water partition coefficient (Wildman–Crippen LogP) is 6.17. The standard InChI is InChI=1S/C27H22ClF2N3O2/c28-22-6-5-19-13-18(1-3-20(19)14-22)2-4-21-16-32-12-10-24(21)25(34)7-8-26(35)33-17-27(29,30)11-9-23(33)15-31/h1-6,10,12-14,16,23H,7-9,11,17H2/b4-2+/t23-/m0/s1. The first kappa shape index (κ1) is 24.5. The molecule has 1 aromatic heterocycles. The summed E-state index contributed by atoms with van der Waals surface area (Å²) in [5, 5.41) is 11.9. The van der Waals surface area contributed by atoms with E-state index in [0.717, 1.165) is 21.2 Å². The first-order valence-corrected chi connectivity index (χ1v) is 11.5. The number of halogens is 3. The van der Waals surface area contributed by atoms with Gasteiger partial charge in [0.2, 0.25) is 5.91 Å². The Morgan fingerprint density at radius 3 is 2.71 bits per heavy atom. The molecule has 0 saturated carbocycles. The Balaban J connectivity index is 1.46. The van der Waals surface area contributed by atoms with E-state index < -0.39 is 30.8 Å². The molecule has 4 rings (SSSR count). The number of aromatic nitrogens is 1. The Kier molecular flexibility index (Phi) is 7.23. The molecule has 0 unspecified atom stereocenters. The molecule has 2 aromatic carbocycles. The number of Topliss-reactive ketones (excluding diaryl/α,β-unsaturated/α-hetero) is 1. The summed E-state index contributed by atoms with van der Waals surface area (Å²) in [5.41, 5.74) is 1.89. The van der Waals surface area contributed by atoms with Gasteiger partial charge in [-0.1, -0.05) is 42.0 Å². The van der Waals surface area contributed by atoms with Gasteiger partial charge in [-0.15, -0.1) is 0 Å². The van der Waals surface area contributed by atoms with Crippen molar-refractivity contribution in [1.29, 1.82) is 5.26 Å². The molecule has 8 heteroatoms. The van der Waals surface area contributed by atoms with Gasteiger partial charge in [0.25, 0.3) is 5.92 Å². The van der Waals surface area contributed by atoms with Crippen LogP contribution in [-0.2, 0) is 4.79 Å². The van der Waals surface area contributed by atoms with E-state index in [2.05, 4.69) is 4.98 Å². The van der Waals surface area contributed by atoms with Crippen LogP contribution in [0.1, 0.15) is 47.2 Å². The number of nitrogens with zero attached hydrogens (tertiary/aromatic N) is 3. The molecule has 2 heterocycles. The van der Waals surface area contributed by atoms with Crippen molar-refractivity contribution >= 4 is 46.2 Å². The molecule has 1 atom stereocenters. The molecule has 1 aliphatic rings. The number of likely N-dealkylation sites (tertiary alicyclic amines) is 1. The summed E-state index contributed by atoms with van der Waals surface area (Å²) in [4.78, 5) is 30.5. The number of ketones is 1. The molecule has 35 heavy (non-hydrogen) atoms. The number of benzene rings is 2. The van der Waals surface area contributed by atoms with Crippen molar-refractivity contribution in [3.05, 3.63) is 76.6 Å². The van der Waals surface area contributed by atoms with Crippen LogP contribution in [0.5, 0.6) is 0 Å². The van der Waals surface area contributed by atoms with Crippen molar-refractivity contribution in [3.8, 4) is 6.07 Å². The number of pyridine rings is 1. The molecule has 1 aliphatic heterocycles. The van der Waals surface area contributed by atoms with Gasteiger partial charge in [-0.25, -0.2) is 8.78 Å². The third kappa shape index (κ3) is 5.90. The van der Waals surface area contributed by atoms with E-state index in [4.69, 9.17) is 11.6 Å². The smallest absolute Gasteiger partial charge is 0.265 e. The van der Waals surface area contributed by atoms with Crippen LogP contribution in [-0.4, -0.2) is 40.1 Å². The molecular weight excluding hydrogens is 472 g/mol. The van der Waals surface area contributed by atoms with E-state index in [-0.39, 0.29) is 25.0 Å². The summed E-state index contributed by atoms with van der Waals surface area (Å²) >= 11 is 6.04. The second-order valence-electron chi connectivity index (χ2n) is 8.53. The summed E-state index contributed by atoms with van der Waals surface area (Å²) in [6.45, 7) is -0.792. The molecule has 1 saturated heterocycles. The maximum atomic E-state index is 13.8. The molecule has 1 fully saturated rings. The summed E-state index contributed by atoms with van der Waals surface area (Å²) < 4.78 is 27.6. The molecular formula is C27H22ClF2N3O2. The lowest BCUT2D eigenvalue weighted by molar-refractivity contribution is -0.144. The van der Waals surface area contributed by atoms with Crippen molar-refractivity contribution in [2.45, 2.75) is 37.6 Å². The van der Waals surface area contributed by atoms with Crippen molar-refractivity contribution in [2.24, 2.45) is 0 Å². The fourth-order valence-electron chi connectivity index (χ4n) is 4.16. The normalized spacial score (nSPS) is 17.4. The van der Waals surface area contributed by atoms with Crippen molar-refractivity contribution in [3.63, 3.8) is 0 Å². The molecule has 1 amide bonds. The fraction of sp³-hybridized carbons (Fsp3) is 0.259. The van der Waals surface area contributed by atoms with Gasteiger partial charge in [-0.05, 0) is 47.0 Å². The van der Waals surface area contributed by atoms with E-state index in [1.54, 1.807) is 18.3 Å². The zero-order valence-electron chi connectivity index (χ0n) is 18.8. The molecule has 5 nitrogen and oxygen atoms in total. The van der Waals surface area contributed by atoms with Gasteiger partial charge in [0.05, 0.1) is 12.6 Å². The number of carbonyl (C=O) groups excluding carboxylic acids is 2. The maximum absolute atomic E-state index is 13.8. The van der Waals surface area contributed by atoms with E-state index in [1.165, 1.54) is 6.20 Å². The number of piperidine rings is 1. The van der Waals surface area contributed by atoms with Gasteiger partial charge >= 0.3 is 0 Å². The van der Waals surface area contributed by atoms with Gasteiger partial charge in [0, 0.05) is 47.8 Å². The van der Waals surface area contributed by atoms with E-state index >= 15 is 0 Å². The lowest BCUT2D eigenvalue weighted by Gasteiger charge is -2.36. The van der Waals surface area contributed by atoms with E-state index in [9.17, 15) is 23.6 Å². The average molecular weight is 494 g/mol. The lowest BCUT2D eigenvalue weighted by Crippen LogP contribution is -2.51. The number of fused-ring (bicyclic) bond motifs is 1.